The first-order chi connectivity index (χ1) is 23.6. The van der Waals surface area contributed by atoms with E-state index in [-0.39, 0.29) is 30.7 Å². The molecule has 3 aromatic carbocycles. The zero-order valence-electron chi connectivity index (χ0n) is 27.3. The number of carboxylic acids is 1. The predicted molar refractivity (Wildman–Crippen MR) is 180 cm³/mol. The number of aryl methyl sites for hydroxylation is 1. The van der Waals surface area contributed by atoms with Gasteiger partial charge in [-0.15, -0.1) is 0 Å². The number of amides is 2. The molecule has 252 valence electrons. The van der Waals surface area contributed by atoms with E-state index >= 15 is 0 Å². The lowest BCUT2D eigenvalue weighted by molar-refractivity contribution is -0.151. The number of rotatable bonds is 10. The number of imidazole rings is 1. The number of ether oxygens (including phenoxy) is 1. The van der Waals surface area contributed by atoms with Crippen molar-refractivity contribution in [2.75, 3.05) is 13.2 Å². The summed E-state index contributed by atoms with van der Waals surface area (Å²) in [5.74, 6) is -3.88. The Kier molecular flexibility index (Phi) is 7.94. The van der Waals surface area contributed by atoms with E-state index in [1.165, 1.54) is 29.6 Å². The van der Waals surface area contributed by atoms with Crippen molar-refractivity contribution in [3.05, 3.63) is 105 Å². The number of nitrogens with zero attached hydrogens (tertiary/aromatic N) is 5. The second kappa shape index (κ2) is 12.2. The van der Waals surface area contributed by atoms with Crippen molar-refractivity contribution in [2.45, 2.75) is 37.9 Å². The lowest BCUT2D eigenvalue weighted by atomic mass is 9.76. The number of imide groups is 1. The molecule has 13 nitrogen and oxygen atoms in total. The third kappa shape index (κ3) is 5.12. The minimum absolute atomic E-state index is 0.0210. The average molecular weight is 665 g/mol. The highest BCUT2D eigenvalue weighted by Crippen LogP contribution is 2.50. The van der Waals surface area contributed by atoms with E-state index in [0.717, 1.165) is 26.7 Å². The van der Waals surface area contributed by atoms with Gasteiger partial charge in [0.25, 0.3) is 5.56 Å². The molecule has 2 aliphatic heterocycles. The first kappa shape index (κ1) is 32.0. The van der Waals surface area contributed by atoms with Crippen LogP contribution in [-0.2, 0) is 41.4 Å². The molecule has 0 radical (unpaired) electrons. The highest BCUT2D eigenvalue weighted by atomic mass is 16.5. The van der Waals surface area contributed by atoms with Crippen LogP contribution in [0.2, 0.25) is 0 Å². The summed E-state index contributed by atoms with van der Waals surface area (Å²) in [6.07, 6.45) is 2.19. The van der Waals surface area contributed by atoms with Crippen LogP contribution in [0.4, 0.5) is 0 Å². The molecule has 2 N–H and O–H groups in total. The molecule has 49 heavy (non-hydrogen) atoms. The van der Waals surface area contributed by atoms with Gasteiger partial charge in [-0.05, 0) is 40.5 Å². The Morgan fingerprint density at radius 1 is 0.939 bits per heavy atom. The molecule has 0 aliphatic carbocycles. The third-order valence-corrected chi connectivity index (χ3v) is 9.92. The zero-order chi connectivity index (χ0) is 34.6. The van der Waals surface area contributed by atoms with Crippen LogP contribution in [0.25, 0.3) is 21.9 Å². The summed E-state index contributed by atoms with van der Waals surface area (Å²) in [7, 11) is 2.87. The van der Waals surface area contributed by atoms with Crippen LogP contribution in [0.3, 0.4) is 0 Å². The van der Waals surface area contributed by atoms with Crippen molar-refractivity contribution in [2.24, 2.45) is 25.9 Å². The fourth-order valence-corrected chi connectivity index (χ4v) is 7.44. The van der Waals surface area contributed by atoms with E-state index in [9.17, 15) is 29.1 Å². The summed E-state index contributed by atoms with van der Waals surface area (Å²) < 4.78 is 9.48. The Balaban J connectivity index is 1.27. The lowest BCUT2D eigenvalue weighted by Gasteiger charge is -2.31. The number of carbonyl (C=O) groups excluding carboxylic acids is 2. The second-order valence-corrected chi connectivity index (χ2v) is 12.8. The Morgan fingerprint density at radius 3 is 2.39 bits per heavy atom. The van der Waals surface area contributed by atoms with Gasteiger partial charge in [-0.3, -0.25) is 38.5 Å². The minimum atomic E-state index is -1.80. The summed E-state index contributed by atoms with van der Waals surface area (Å²) in [5.41, 5.74) is -1.17. The fourth-order valence-electron chi connectivity index (χ4n) is 7.44. The topological polar surface area (TPSA) is 158 Å². The normalized spacial score (nSPS) is 21.9. The molecule has 0 saturated carbocycles. The first-order valence-electron chi connectivity index (χ1n) is 16.2. The van der Waals surface area contributed by atoms with E-state index in [0.29, 0.717) is 23.5 Å². The van der Waals surface area contributed by atoms with Crippen LogP contribution < -0.4 is 21.3 Å². The summed E-state index contributed by atoms with van der Waals surface area (Å²) >= 11 is 0. The fraction of sp³-hybridized carbons (Fsp3) is 0.333. The quantitative estimate of drug-likeness (QED) is 0.214. The predicted octanol–water partition coefficient (Wildman–Crippen LogP) is 2.39. The molecule has 4 unspecified atom stereocenters. The smallest absolute Gasteiger partial charge is 0.332 e. The Bertz CT molecular complexity index is 2250. The van der Waals surface area contributed by atoms with Crippen LogP contribution in [0, 0.1) is 11.8 Å². The average Bonchev–Trinajstić information content (AvgIpc) is 3.76. The zero-order valence-corrected chi connectivity index (χ0v) is 27.3. The number of fused-ring (bicyclic) bond motifs is 3. The van der Waals surface area contributed by atoms with Gasteiger partial charge < -0.3 is 14.4 Å². The largest absolute Gasteiger partial charge is 0.494 e. The van der Waals surface area contributed by atoms with Crippen molar-refractivity contribution in [1.29, 1.82) is 0 Å². The van der Waals surface area contributed by atoms with Crippen molar-refractivity contribution in [3.63, 3.8) is 0 Å². The van der Waals surface area contributed by atoms with Crippen molar-refractivity contribution in [3.8, 4) is 5.75 Å². The molecular formula is C36H36N6O7. The molecule has 7 rings (SSSR count). The van der Waals surface area contributed by atoms with Gasteiger partial charge in [-0.25, -0.2) is 9.78 Å². The first-order valence-corrected chi connectivity index (χ1v) is 16.2. The van der Waals surface area contributed by atoms with Crippen molar-refractivity contribution >= 4 is 39.7 Å². The maximum atomic E-state index is 14.4. The van der Waals surface area contributed by atoms with E-state index in [4.69, 9.17) is 4.74 Å². The maximum absolute atomic E-state index is 14.4. The van der Waals surface area contributed by atoms with Gasteiger partial charge in [0.2, 0.25) is 11.8 Å². The minimum Gasteiger partial charge on any atom is -0.494 e. The van der Waals surface area contributed by atoms with Gasteiger partial charge in [0.05, 0.1) is 24.8 Å². The van der Waals surface area contributed by atoms with Gasteiger partial charge in [-0.2, -0.15) is 0 Å². The highest BCUT2D eigenvalue weighted by molar-refractivity contribution is 6.09. The number of likely N-dealkylation sites (tertiary alicyclic amines) is 1. The van der Waals surface area contributed by atoms with Crippen LogP contribution >= 0.6 is 0 Å². The lowest BCUT2D eigenvalue weighted by Crippen LogP contribution is -2.57. The monoisotopic (exact) mass is 664 g/mol. The number of carbonyl (C=O) groups is 3. The SMILES string of the molecule is CCCOc1ccc(C2NC(Cc3ccc4ccccc4c3)(C(=O)O)C3C(=O)N(CCn4cnc5c4c(=O)n(C)c(=O)n5C)C(=O)C23)cc1. The molecule has 5 aromatic rings. The molecule has 4 heterocycles. The Labute approximate surface area is 280 Å². The van der Waals surface area contributed by atoms with Crippen LogP contribution in [-0.4, -0.2) is 65.2 Å². The Hall–Kier alpha value is -5.56. The van der Waals surface area contributed by atoms with E-state index in [1.807, 2.05) is 49.4 Å². The van der Waals surface area contributed by atoms with Crippen LogP contribution in [0.15, 0.2) is 82.6 Å². The molecule has 2 fully saturated rings. The number of aromatic nitrogens is 4. The number of nitrogens with one attached hydrogen (secondary N) is 1. The summed E-state index contributed by atoms with van der Waals surface area (Å²) in [4.78, 5) is 72.9. The third-order valence-electron chi connectivity index (χ3n) is 9.92. The maximum Gasteiger partial charge on any atom is 0.332 e. The van der Waals surface area contributed by atoms with E-state index in [2.05, 4.69) is 10.3 Å². The number of aliphatic carboxylic acids is 1. The van der Waals surface area contributed by atoms with E-state index in [1.54, 1.807) is 24.3 Å². The number of hydrogen-bond acceptors (Lipinski definition) is 8. The van der Waals surface area contributed by atoms with Gasteiger partial charge in [0, 0.05) is 39.6 Å². The number of carboxylic acid groups (broad SMARTS) is 1. The van der Waals surface area contributed by atoms with Gasteiger partial charge in [-0.1, -0.05) is 61.5 Å². The van der Waals surface area contributed by atoms with Gasteiger partial charge >= 0.3 is 11.7 Å². The molecule has 2 amide bonds. The molecule has 0 bridgehead atoms. The molecule has 0 spiro atoms. The standard InChI is InChI=1S/C36H36N6O7/c1-4-17-49-25-13-11-23(12-14-25)28-26-27(36(38-28,34(46)47)19-21-9-10-22-7-5-6-8-24(22)18-21)32(44)42(31(26)43)16-15-41-20-37-30-29(41)33(45)40(3)35(48)39(30)2/h5-14,18,20,26-28,38H,4,15-17,19H2,1-3H3,(H,46,47). The Morgan fingerprint density at radius 2 is 1.67 bits per heavy atom. The number of hydrogen-bond donors (Lipinski definition) is 2. The van der Waals surface area contributed by atoms with Crippen LogP contribution in [0.1, 0.15) is 30.5 Å². The van der Waals surface area contributed by atoms with Gasteiger partial charge in [0.15, 0.2) is 11.2 Å². The molecule has 2 aliphatic rings. The molecule has 2 aromatic heterocycles. The van der Waals surface area contributed by atoms with Gasteiger partial charge in [0.1, 0.15) is 11.3 Å². The molecule has 4 atom stereocenters. The second-order valence-electron chi connectivity index (χ2n) is 12.8. The van der Waals surface area contributed by atoms with Crippen molar-refractivity contribution < 1.29 is 24.2 Å². The molecule has 2 saturated heterocycles. The van der Waals surface area contributed by atoms with Crippen molar-refractivity contribution in [1.82, 2.24) is 28.9 Å². The number of benzene rings is 3. The summed E-state index contributed by atoms with van der Waals surface area (Å²) in [6.45, 7) is 2.44. The van der Waals surface area contributed by atoms with E-state index < -0.39 is 52.4 Å². The molecular weight excluding hydrogens is 628 g/mol. The molecule has 13 heteroatoms. The highest BCUT2D eigenvalue weighted by Gasteiger charge is 2.68. The van der Waals surface area contributed by atoms with Crippen LogP contribution in [0.5, 0.6) is 5.75 Å². The summed E-state index contributed by atoms with van der Waals surface area (Å²) in [6, 6.07) is 19.8. The summed E-state index contributed by atoms with van der Waals surface area (Å²) in [5, 5.41) is 16.2.